The third kappa shape index (κ3) is 4.67. The Labute approximate surface area is 171 Å². The van der Waals surface area contributed by atoms with E-state index in [0.717, 1.165) is 5.56 Å². The Morgan fingerprint density at radius 3 is 2.38 bits per heavy atom. The van der Waals surface area contributed by atoms with E-state index in [2.05, 4.69) is 26.0 Å². The minimum Gasteiger partial charge on any atom is -0.481 e. The van der Waals surface area contributed by atoms with Crippen LogP contribution >= 0.6 is 0 Å². The van der Waals surface area contributed by atoms with Crippen LogP contribution in [0.25, 0.3) is 6.08 Å². The lowest BCUT2D eigenvalue weighted by Crippen LogP contribution is -2.19. The van der Waals surface area contributed by atoms with Gasteiger partial charge in [0.25, 0.3) is 0 Å². The number of carbonyl (C=O) groups is 2. The second-order valence-corrected chi connectivity index (χ2v) is 7.65. The first kappa shape index (κ1) is 20.6. The number of carbonyl (C=O) groups excluding carboxylic acids is 2. The van der Waals surface area contributed by atoms with Gasteiger partial charge >= 0.3 is 5.97 Å². The molecule has 152 valence electrons. The highest BCUT2D eigenvalue weighted by atomic mass is 16.6. The van der Waals surface area contributed by atoms with Crippen LogP contribution < -0.4 is 9.47 Å². The summed E-state index contributed by atoms with van der Waals surface area (Å²) in [5, 5.41) is 0. The average Bonchev–Trinajstić information content (AvgIpc) is 2.98. The molecular formula is C24H26O5. The zero-order valence-corrected chi connectivity index (χ0v) is 17.4. The molecule has 0 amide bonds. The van der Waals surface area contributed by atoms with Gasteiger partial charge in [0.15, 0.2) is 12.4 Å². The van der Waals surface area contributed by atoms with Crippen molar-refractivity contribution in [2.75, 3.05) is 6.61 Å². The van der Waals surface area contributed by atoms with Crippen molar-refractivity contribution in [2.24, 2.45) is 0 Å². The van der Waals surface area contributed by atoms with Gasteiger partial charge in [0.05, 0.1) is 11.7 Å². The van der Waals surface area contributed by atoms with Crippen molar-refractivity contribution in [3.05, 3.63) is 64.4 Å². The van der Waals surface area contributed by atoms with Crippen LogP contribution in [0.15, 0.2) is 42.2 Å². The van der Waals surface area contributed by atoms with Gasteiger partial charge in [-0.25, -0.2) is 4.79 Å². The zero-order valence-electron chi connectivity index (χ0n) is 17.4. The van der Waals surface area contributed by atoms with E-state index in [0.29, 0.717) is 28.5 Å². The minimum atomic E-state index is -0.442. The van der Waals surface area contributed by atoms with Gasteiger partial charge < -0.3 is 14.2 Å². The molecule has 3 rings (SSSR count). The normalized spacial score (nSPS) is 14.3. The van der Waals surface area contributed by atoms with E-state index in [9.17, 15) is 9.59 Å². The van der Waals surface area contributed by atoms with E-state index < -0.39 is 5.97 Å². The van der Waals surface area contributed by atoms with Crippen molar-refractivity contribution < 1.29 is 23.8 Å². The van der Waals surface area contributed by atoms with E-state index >= 15 is 0 Å². The molecule has 1 aliphatic heterocycles. The van der Waals surface area contributed by atoms with Crippen molar-refractivity contribution >= 4 is 17.8 Å². The smallest absolute Gasteiger partial charge is 0.344 e. The summed E-state index contributed by atoms with van der Waals surface area (Å²) >= 11 is 0. The highest BCUT2D eigenvalue weighted by Crippen LogP contribution is 2.39. The lowest BCUT2D eigenvalue weighted by molar-refractivity contribution is -0.149. The van der Waals surface area contributed by atoms with Crippen molar-refractivity contribution in [3.8, 4) is 11.5 Å². The number of allylic oxidation sites excluding steroid dienone is 1. The average molecular weight is 394 g/mol. The molecule has 0 aromatic heterocycles. The van der Waals surface area contributed by atoms with Crippen molar-refractivity contribution in [2.45, 2.75) is 46.6 Å². The first-order valence-corrected chi connectivity index (χ1v) is 9.76. The maximum absolute atomic E-state index is 12.7. The Balaban J connectivity index is 1.77. The molecule has 0 bridgehead atoms. The number of ketones is 1. The minimum absolute atomic E-state index is 0.165. The number of hydrogen-bond acceptors (Lipinski definition) is 5. The molecular weight excluding hydrogens is 368 g/mol. The molecule has 2 aromatic rings. The quantitative estimate of drug-likeness (QED) is 0.506. The fraction of sp³-hybridized carbons (Fsp3) is 0.333. The van der Waals surface area contributed by atoms with E-state index in [1.807, 2.05) is 12.1 Å². The monoisotopic (exact) mass is 394 g/mol. The molecule has 0 aliphatic carbocycles. The zero-order chi connectivity index (χ0) is 21.1. The SMILES string of the molecule is Cc1c(OCC(=O)OC(C)C)ccc2c1O/C(=C\c1ccc(C(C)C)cc1)C2=O. The summed E-state index contributed by atoms with van der Waals surface area (Å²) in [7, 11) is 0. The lowest BCUT2D eigenvalue weighted by atomic mass is 10.0. The number of ether oxygens (including phenoxy) is 3. The van der Waals surface area contributed by atoms with Gasteiger partial charge in [0, 0.05) is 5.56 Å². The topological polar surface area (TPSA) is 61.8 Å². The van der Waals surface area contributed by atoms with Crippen LogP contribution in [0.1, 0.15) is 60.7 Å². The van der Waals surface area contributed by atoms with Crippen LogP contribution in [0.4, 0.5) is 0 Å². The Hall–Kier alpha value is -3.08. The van der Waals surface area contributed by atoms with Gasteiger partial charge in [-0.1, -0.05) is 38.1 Å². The summed E-state index contributed by atoms with van der Waals surface area (Å²) < 4.78 is 16.5. The maximum Gasteiger partial charge on any atom is 0.344 e. The molecule has 1 heterocycles. The second kappa shape index (κ2) is 8.52. The summed E-state index contributed by atoms with van der Waals surface area (Å²) in [6.45, 7) is 9.44. The van der Waals surface area contributed by atoms with Crippen molar-refractivity contribution in [1.29, 1.82) is 0 Å². The maximum atomic E-state index is 12.7. The molecule has 0 fully saturated rings. The Morgan fingerprint density at radius 1 is 1.07 bits per heavy atom. The molecule has 5 nitrogen and oxygen atoms in total. The number of hydrogen-bond donors (Lipinski definition) is 0. The predicted octanol–water partition coefficient (Wildman–Crippen LogP) is 5.07. The van der Waals surface area contributed by atoms with Gasteiger partial charge in [0.1, 0.15) is 11.5 Å². The molecule has 1 aliphatic rings. The van der Waals surface area contributed by atoms with Gasteiger partial charge in [0.2, 0.25) is 5.78 Å². The summed E-state index contributed by atoms with van der Waals surface area (Å²) in [5.74, 6) is 1.07. The summed E-state index contributed by atoms with van der Waals surface area (Å²) in [6, 6.07) is 11.4. The number of benzene rings is 2. The molecule has 5 heteroatoms. The van der Waals surface area contributed by atoms with Crippen molar-refractivity contribution in [1.82, 2.24) is 0 Å². The largest absolute Gasteiger partial charge is 0.481 e. The van der Waals surface area contributed by atoms with Gasteiger partial charge in [-0.05, 0) is 56.0 Å². The predicted molar refractivity (Wildman–Crippen MR) is 111 cm³/mol. The van der Waals surface area contributed by atoms with Gasteiger partial charge in [-0.2, -0.15) is 0 Å². The van der Waals surface area contributed by atoms with E-state index in [1.54, 1.807) is 39.0 Å². The third-order valence-electron chi connectivity index (χ3n) is 4.65. The summed E-state index contributed by atoms with van der Waals surface area (Å²) in [5.41, 5.74) is 3.30. The summed E-state index contributed by atoms with van der Waals surface area (Å²) in [6.07, 6.45) is 1.54. The summed E-state index contributed by atoms with van der Waals surface area (Å²) in [4.78, 5) is 24.4. The van der Waals surface area contributed by atoms with Gasteiger partial charge in [-0.3, -0.25) is 4.79 Å². The van der Waals surface area contributed by atoms with Crippen LogP contribution in [0.3, 0.4) is 0 Å². The molecule has 29 heavy (non-hydrogen) atoms. The molecule has 0 N–H and O–H groups in total. The molecule has 2 aromatic carbocycles. The number of fused-ring (bicyclic) bond motifs is 1. The first-order chi connectivity index (χ1) is 13.8. The van der Waals surface area contributed by atoms with Crippen LogP contribution in [0, 0.1) is 6.92 Å². The Bertz CT molecular complexity index is 952. The van der Waals surface area contributed by atoms with Crippen LogP contribution in [0.2, 0.25) is 0 Å². The molecule has 0 radical (unpaired) electrons. The highest BCUT2D eigenvalue weighted by molar-refractivity contribution is 6.15. The molecule has 0 saturated carbocycles. The first-order valence-electron chi connectivity index (χ1n) is 9.76. The van der Waals surface area contributed by atoms with E-state index in [-0.39, 0.29) is 24.3 Å². The van der Waals surface area contributed by atoms with Crippen LogP contribution in [0.5, 0.6) is 11.5 Å². The van der Waals surface area contributed by atoms with Gasteiger partial charge in [-0.15, -0.1) is 0 Å². The van der Waals surface area contributed by atoms with Crippen LogP contribution in [-0.2, 0) is 9.53 Å². The molecule has 0 spiro atoms. The van der Waals surface area contributed by atoms with E-state index in [4.69, 9.17) is 14.2 Å². The highest BCUT2D eigenvalue weighted by Gasteiger charge is 2.30. The Morgan fingerprint density at radius 2 is 1.76 bits per heavy atom. The standard InChI is InChI=1S/C24H26O5/c1-14(2)18-8-6-17(7-9-18)12-21-23(26)19-10-11-20(16(5)24(19)29-21)27-13-22(25)28-15(3)4/h6-12,14-15H,13H2,1-5H3/b21-12-. The molecule has 0 unspecified atom stereocenters. The molecule has 0 atom stereocenters. The fourth-order valence-corrected chi connectivity index (χ4v) is 3.09. The third-order valence-corrected chi connectivity index (χ3v) is 4.65. The van der Waals surface area contributed by atoms with Crippen LogP contribution in [-0.4, -0.2) is 24.5 Å². The van der Waals surface area contributed by atoms with Crippen molar-refractivity contribution in [3.63, 3.8) is 0 Å². The van der Waals surface area contributed by atoms with E-state index in [1.165, 1.54) is 5.56 Å². The number of Topliss-reactive ketones (excluding diaryl/α,β-unsaturated/α-hetero) is 1. The lowest BCUT2D eigenvalue weighted by Gasteiger charge is -2.12. The Kier molecular flexibility index (Phi) is 6.06. The second-order valence-electron chi connectivity index (χ2n) is 7.65. The fourth-order valence-electron chi connectivity index (χ4n) is 3.09. The number of rotatable bonds is 6. The molecule has 0 saturated heterocycles. The number of esters is 1.